The Bertz CT molecular complexity index is 575. The van der Waals surface area contributed by atoms with Crippen molar-refractivity contribution in [1.29, 1.82) is 0 Å². The summed E-state index contributed by atoms with van der Waals surface area (Å²) in [6, 6.07) is 2.18. The molecule has 2 aromatic rings. The average molecular weight is 276 g/mol. The summed E-state index contributed by atoms with van der Waals surface area (Å²) in [6.07, 6.45) is 2.28. The molecule has 0 aromatic carbocycles. The molecule has 1 amide bonds. The van der Waals surface area contributed by atoms with Crippen molar-refractivity contribution in [1.82, 2.24) is 20.1 Å². The van der Waals surface area contributed by atoms with Crippen LogP contribution in [0.25, 0.3) is 0 Å². The van der Waals surface area contributed by atoms with E-state index in [0.29, 0.717) is 6.42 Å². The number of thiophene rings is 1. The maximum Gasteiger partial charge on any atom is 0.224 e. The zero-order valence-corrected chi connectivity index (χ0v) is 11.6. The molecule has 2 aromatic heterocycles. The second kappa shape index (κ2) is 5.13. The van der Waals surface area contributed by atoms with E-state index in [4.69, 9.17) is 0 Å². The van der Waals surface area contributed by atoms with Gasteiger partial charge in [0.1, 0.15) is 11.6 Å². The molecule has 0 saturated heterocycles. The smallest absolute Gasteiger partial charge is 0.224 e. The SMILES string of the molecule is Cc1nnc2n1C[C@H](NC(=O)Cc1ccsc1)CC2. The summed E-state index contributed by atoms with van der Waals surface area (Å²) in [5.41, 5.74) is 1.08. The van der Waals surface area contributed by atoms with Gasteiger partial charge in [0.15, 0.2) is 0 Å². The fourth-order valence-corrected chi connectivity index (χ4v) is 3.11. The molecule has 6 heteroatoms. The van der Waals surface area contributed by atoms with E-state index < -0.39 is 0 Å². The third-order valence-corrected chi connectivity index (χ3v) is 4.17. The Kier molecular flexibility index (Phi) is 3.33. The molecular weight excluding hydrogens is 260 g/mol. The number of aromatic nitrogens is 3. The third kappa shape index (κ3) is 2.68. The first-order valence-electron chi connectivity index (χ1n) is 6.41. The van der Waals surface area contributed by atoms with Gasteiger partial charge < -0.3 is 9.88 Å². The molecule has 3 heterocycles. The predicted molar refractivity (Wildman–Crippen MR) is 73.0 cm³/mol. The van der Waals surface area contributed by atoms with Gasteiger partial charge in [-0.1, -0.05) is 0 Å². The van der Waals surface area contributed by atoms with Crippen molar-refractivity contribution in [2.75, 3.05) is 0 Å². The van der Waals surface area contributed by atoms with E-state index in [-0.39, 0.29) is 11.9 Å². The number of nitrogens with zero attached hydrogens (tertiary/aromatic N) is 3. The first kappa shape index (κ1) is 12.3. The van der Waals surface area contributed by atoms with Gasteiger partial charge in [-0.3, -0.25) is 4.79 Å². The van der Waals surface area contributed by atoms with Crippen molar-refractivity contribution in [3.63, 3.8) is 0 Å². The standard InChI is InChI=1S/C13H16N4OS/c1-9-15-16-12-3-2-11(7-17(9)12)14-13(18)6-10-4-5-19-8-10/h4-5,8,11H,2-3,6-7H2,1H3,(H,14,18)/t11-/m1/s1. The van der Waals surface area contributed by atoms with Crippen LogP contribution in [0.2, 0.25) is 0 Å². The zero-order valence-electron chi connectivity index (χ0n) is 10.8. The number of amides is 1. The molecule has 1 aliphatic heterocycles. The lowest BCUT2D eigenvalue weighted by atomic mass is 10.1. The highest BCUT2D eigenvalue weighted by molar-refractivity contribution is 7.07. The second-order valence-corrected chi connectivity index (χ2v) is 5.67. The molecule has 100 valence electrons. The van der Waals surface area contributed by atoms with Crippen LogP contribution in [0.15, 0.2) is 16.8 Å². The lowest BCUT2D eigenvalue weighted by molar-refractivity contribution is -0.121. The van der Waals surface area contributed by atoms with Crippen molar-refractivity contribution in [2.24, 2.45) is 0 Å². The molecule has 0 spiro atoms. The highest BCUT2D eigenvalue weighted by atomic mass is 32.1. The molecule has 0 radical (unpaired) electrons. The van der Waals surface area contributed by atoms with E-state index >= 15 is 0 Å². The fourth-order valence-electron chi connectivity index (χ4n) is 2.44. The topological polar surface area (TPSA) is 59.8 Å². The van der Waals surface area contributed by atoms with Gasteiger partial charge in [0.05, 0.1) is 6.42 Å². The molecule has 0 bridgehead atoms. The zero-order chi connectivity index (χ0) is 13.2. The van der Waals surface area contributed by atoms with Gasteiger partial charge in [-0.25, -0.2) is 0 Å². The van der Waals surface area contributed by atoms with Gasteiger partial charge in [0.2, 0.25) is 5.91 Å². The Balaban J connectivity index is 1.60. The first-order valence-corrected chi connectivity index (χ1v) is 7.36. The van der Waals surface area contributed by atoms with E-state index in [0.717, 1.165) is 36.6 Å². The summed E-state index contributed by atoms with van der Waals surface area (Å²) < 4.78 is 2.10. The molecule has 1 aliphatic rings. The minimum atomic E-state index is 0.0950. The fraction of sp³-hybridized carbons (Fsp3) is 0.462. The summed E-state index contributed by atoms with van der Waals surface area (Å²) >= 11 is 1.62. The average Bonchev–Trinajstić information content (AvgIpc) is 3.00. The van der Waals surface area contributed by atoms with Crippen molar-refractivity contribution in [2.45, 2.75) is 38.8 Å². The van der Waals surface area contributed by atoms with Crippen LogP contribution in [0.4, 0.5) is 0 Å². The van der Waals surface area contributed by atoms with E-state index in [1.807, 2.05) is 23.8 Å². The Labute approximate surface area is 115 Å². The molecule has 0 aliphatic carbocycles. The van der Waals surface area contributed by atoms with Crippen molar-refractivity contribution >= 4 is 17.2 Å². The van der Waals surface area contributed by atoms with Crippen LogP contribution in [0, 0.1) is 6.92 Å². The van der Waals surface area contributed by atoms with Gasteiger partial charge in [-0.05, 0) is 35.7 Å². The molecule has 0 saturated carbocycles. The van der Waals surface area contributed by atoms with Gasteiger partial charge in [-0.15, -0.1) is 10.2 Å². The summed E-state index contributed by atoms with van der Waals surface area (Å²) in [6.45, 7) is 2.73. The molecule has 19 heavy (non-hydrogen) atoms. The van der Waals surface area contributed by atoms with E-state index in [1.165, 1.54) is 0 Å². The van der Waals surface area contributed by atoms with Gasteiger partial charge in [0.25, 0.3) is 0 Å². The van der Waals surface area contributed by atoms with Crippen molar-refractivity contribution < 1.29 is 4.79 Å². The maximum atomic E-state index is 12.0. The van der Waals surface area contributed by atoms with Crippen molar-refractivity contribution in [3.8, 4) is 0 Å². The maximum absolute atomic E-state index is 12.0. The quantitative estimate of drug-likeness (QED) is 0.920. The number of carbonyl (C=O) groups excluding carboxylic acids is 1. The lowest BCUT2D eigenvalue weighted by Gasteiger charge is -2.24. The van der Waals surface area contributed by atoms with Gasteiger partial charge in [-0.2, -0.15) is 11.3 Å². The normalized spacial score (nSPS) is 18.1. The molecule has 0 unspecified atom stereocenters. The summed E-state index contributed by atoms with van der Waals surface area (Å²) in [5, 5.41) is 15.3. The first-order chi connectivity index (χ1) is 9.22. The summed E-state index contributed by atoms with van der Waals surface area (Å²) in [7, 11) is 0. The van der Waals surface area contributed by atoms with Crippen LogP contribution in [0.5, 0.6) is 0 Å². The van der Waals surface area contributed by atoms with Crippen LogP contribution < -0.4 is 5.32 Å². The number of hydrogen-bond donors (Lipinski definition) is 1. The highest BCUT2D eigenvalue weighted by Crippen LogP contribution is 2.15. The molecule has 5 nitrogen and oxygen atoms in total. The largest absolute Gasteiger partial charge is 0.351 e. The predicted octanol–water partition coefficient (Wildman–Crippen LogP) is 1.32. The van der Waals surface area contributed by atoms with Crippen LogP contribution in [0.1, 0.15) is 23.6 Å². The van der Waals surface area contributed by atoms with Crippen molar-refractivity contribution in [3.05, 3.63) is 34.0 Å². The Morgan fingerprint density at radius 1 is 1.58 bits per heavy atom. The minimum Gasteiger partial charge on any atom is -0.351 e. The van der Waals surface area contributed by atoms with Crippen LogP contribution in [0.3, 0.4) is 0 Å². The van der Waals surface area contributed by atoms with Crippen LogP contribution in [-0.4, -0.2) is 26.7 Å². The monoisotopic (exact) mass is 276 g/mol. The summed E-state index contributed by atoms with van der Waals surface area (Å²) in [4.78, 5) is 12.0. The minimum absolute atomic E-state index is 0.0950. The van der Waals surface area contributed by atoms with E-state index in [9.17, 15) is 4.79 Å². The molecular formula is C13H16N4OS. The highest BCUT2D eigenvalue weighted by Gasteiger charge is 2.22. The molecule has 1 N–H and O–H groups in total. The Morgan fingerprint density at radius 3 is 3.26 bits per heavy atom. The third-order valence-electron chi connectivity index (χ3n) is 3.44. The number of aryl methyl sites for hydroxylation is 2. The number of nitrogens with one attached hydrogen (secondary N) is 1. The lowest BCUT2D eigenvalue weighted by Crippen LogP contribution is -2.41. The molecule has 3 rings (SSSR count). The number of rotatable bonds is 3. The second-order valence-electron chi connectivity index (χ2n) is 4.89. The molecule has 1 atom stereocenters. The summed E-state index contributed by atoms with van der Waals surface area (Å²) in [5.74, 6) is 2.05. The van der Waals surface area contributed by atoms with Crippen LogP contribution in [-0.2, 0) is 24.2 Å². The van der Waals surface area contributed by atoms with E-state index in [2.05, 4.69) is 20.1 Å². The Morgan fingerprint density at radius 2 is 2.47 bits per heavy atom. The van der Waals surface area contributed by atoms with Gasteiger partial charge >= 0.3 is 0 Å². The van der Waals surface area contributed by atoms with E-state index in [1.54, 1.807) is 11.3 Å². The Hall–Kier alpha value is -1.69. The molecule has 0 fully saturated rings. The van der Waals surface area contributed by atoms with Gasteiger partial charge in [0, 0.05) is 19.0 Å². The van der Waals surface area contributed by atoms with Crippen LogP contribution >= 0.6 is 11.3 Å². The number of fused-ring (bicyclic) bond motifs is 1. The number of hydrogen-bond acceptors (Lipinski definition) is 4. The number of carbonyl (C=O) groups is 1.